The summed E-state index contributed by atoms with van der Waals surface area (Å²) < 4.78 is 34.1. The monoisotopic (exact) mass is 1520 g/mol. The molecule has 16 rings (SSSR count). The van der Waals surface area contributed by atoms with E-state index in [1.54, 1.807) is 116 Å². The molecule has 0 saturated carbocycles. The first-order valence-corrected chi connectivity index (χ1v) is 33.8. The minimum Gasteiger partial charge on any atom is -0.360 e. The Balaban J connectivity index is 0.000000143. The average Bonchev–Trinajstić information content (AvgIpc) is 1.65. The molecule has 16 aromatic rings. The van der Waals surface area contributed by atoms with Gasteiger partial charge in [0.05, 0.1) is 89.6 Å². The van der Waals surface area contributed by atoms with Gasteiger partial charge in [-0.15, -0.1) is 6.58 Å². The van der Waals surface area contributed by atoms with Crippen molar-refractivity contribution in [2.24, 2.45) is 4.30 Å². The van der Waals surface area contributed by atoms with E-state index in [1.807, 2.05) is 183 Å². The van der Waals surface area contributed by atoms with Crippen LogP contribution in [-0.2, 0) is 6.42 Å². The molecule has 105 heavy (non-hydrogen) atoms. The summed E-state index contributed by atoms with van der Waals surface area (Å²) in [6.07, 6.45) is 17.9. The molecule has 17 nitrogen and oxygen atoms in total. The van der Waals surface area contributed by atoms with Crippen LogP contribution in [-0.4, -0.2) is 46.3 Å². The fourth-order valence-corrected chi connectivity index (χ4v) is 11.2. The first-order chi connectivity index (χ1) is 51.0. The van der Waals surface area contributed by atoms with Crippen LogP contribution in [0.2, 0.25) is 0 Å². The second kappa shape index (κ2) is 37.3. The number of rotatable bonds is 13. The fourth-order valence-electron chi connectivity index (χ4n) is 10.4. The molecule has 509 valence electrons. The molecule has 0 unspecified atom stereocenters. The van der Waals surface area contributed by atoms with E-state index in [1.165, 1.54) is 0 Å². The van der Waals surface area contributed by atoms with Crippen LogP contribution in [0.5, 0.6) is 46.0 Å². The van der Waals surface area contributed by atoms with Gasteiger partial charge in [-0.1, -0.05) is 29.4 Å². The Morgan fingerprint density at radius 1 is 0.429 bits per heavy atom. The summed E-state index contributed by atoms with van der Waals surface area (Å²) in [5, 5.41) is 35.2. The number of ether oxygens (including phenoxy) is 4. The zero-order valence-electron chi connectivity index (χ0n) is 55.1. The molecule has 8 aromatic carbocycles. The van der Waals surface area contributed by atoms with Crippen LogP contribution >= 0.6 is 44.7 Å². The van der Waals surface area contributed by atoms with Gasteiger partial charge in [-0.3, -0.25) is 19.9 Å². The number of aromatic amines is 1. The van der Waals surface area contributed by atoms with E-state index in [0.717, 1.165) is 111 Å². The molecule has 0 fully saturated rings. The molecule has 0 atom stereocenters. The van der Waals surface area contributed by atoms with E-state index in [4.69, 9.17) is 40.0 Å². The van der Waals surface area contributed by atoms with Crippen molar-refractivity contribution in [3.8, 4) is 87.3 Å². The minimum atomic E-state index is 0. The Hall–Kier alpha value is -13.4. The number of benzene rings is 8. The van der Waals surface area contributed by atoms with E-state index < -0.39 is 0 Å². The van der Waals surface area contributed by atoms with Crippen LogP contribution in [0.4, 0.5) is 0 Å². The number of nitriles is 4. The molecule has 0 saturated heterocycles. The molecule has 21 heteroatoms. The third kappa shape index (κ3) is 20.0. The fraction of sp³-hybridized carbons (Fsp3) is 0.0238. The molecular weight excluding hydrogens is 1460 g/mol. The van der Waals surface area contributed by atoms with Crippen LogP contribution in [0.1, 0.15) is 35.2 Å². The summed E-state index contributed by atoms with van der Waals surface area (Å²) in [5.41, 5.74) is 14.9. The molecule has 0 aliphatic heterocycles. The number of thiol groups is 1. The largest absolute Gasteiger partial charge is 0.360 e. The second-order valence-corrected chi connectivity index (χ2v) is 24.1. The van der Waals surface area contributed by atoms with Crippen molar-refractivity contribution in [2.45, 2.75) is 13.8 Å². The number of hydrogen-bond donors (Lipinski definition) is 2. The van der Waals surface area contributed by atoms with E-state index in [0.29, 0.717) is 39.5 Å². The van der Waals surface area contributed by atoms with Crippen molar-refractivity contribution in [3.63, 3.8) is 0 Å². The summed E-state index contributed by atoms with van der Waals surface area (Å²) in [7, 11) is 4.34. The van der Waals surface area contributed by atoms with Gasteiger partial charge >= 0.3 is 24.8 Å². The van der Waals surface area contributed by atoms with E-state index in [2.05, 4.69) is 138 Å². The van der Waals surface area contributed by atoms with Gasteiger partial charge in [0.2, 0.25) is 0 Å². The van der Waals surface area contributed by atoms with Crippen LogP contribution in [0.3, 0.4) is 0 Å². The number of hydrogen-bond acceptors (Lipinski definition) is 14. The van der Waals surface area contributed by atoms with E-state index in [9.17, 15) is 0 Å². The molecular formula is C84H61BBr2N13O4S. The Labute approximate surface area is 629 Å². The van der Waals surface area contributed by atoms with Crippen LogP contribution < -0.4 is 18.9 Å². The van der Waals surface area contributed by atoms with Crippen molar-refractivity contribution in [3.05, 3.63) is 354 Å². The third-order valence-corrected chi connectivity index (χ3v) is 16.4. The number of halogens is 2. The summed E-state index contributed by atoms with van der Waals surface area (Å²) in [4.78, 5) is 20.4. The smallest absolute Gasteiger partial charge is 0.0878 e. The van der Waals surface area contributed by atoms with Gasteiger partial charge in [-0.2, -0.15) is 21.0 Å². The van der Waals surface area contributed by atoms with Gasteiger partial charge in [0.1, 0.15) is 51.5 Å². The number of aromatic nitrogens is 8. The molecule has 1 N–H and O–H groups in total. The zero-order chi connectivity index (χ0) is 72.4. The van der Waals surface area contributed by atoms with Crippen molar-refractivity contribution < 1.29 is 18.9 Å². The van der Waals surface area contributed by atoms with Gasteiger partial charge in [0, 0.05) is 76.7 Å². The molecule has 0 bridgehead atoms. The summed E-state index contributed by atoms with van der Waals surface area (Å²) >= 11 is 10.1. The summed E-state index contributed by atoms with van der Waals surface area (Å²) in [6.45, 7) is 3.84. The van der Waals surface area contributed by atoms with E-state index >= 15 is 0 Å². The van der Waals surface area contributed by atoms with Crippen LogP contribution in [0.25, 0.3) is 61.2 Å². The maximum absolute atomic E-state index is 8.86. The number of nitrogens with zero attached hydrogens (tertiary/aromatic N) is 12. The Morgan fingerprint density at radius 3 is 1.18 bits per heavy atom. The number of nitrogens with one attached hydrogen (secondary N) is 1. The number of pyridine rings is 4. The molecule has 1 radical (unpaired) electrons. The third-order valence-electron chi connectivity index (χ3n) is 15.3. The normalized spacial score (nSPS) is 10.0. The standard InChI is InChI=1S/C23H17N3O.C20H12BrN3O.C20H13N3O.C13H8BrNO.C7H6N2.CH4.BHNS/c1-2-4-18-16-26(22-5-3-14-25-23(18)22)19-8-12-21(13-9-19)27-20-10-6-17(15-24)7-11-20;21-18-13-24(19-2-1-11-23-20(18)19)15-5-9-17(10-6-15)25-16-7-3-14(12-22)4-8-16;21-14-15-3-7-17(8-4-15)24-18-9-5-16(6-10-18)23-13-11-19-20(23)2-1-12-22-19;14-11-3-7-13(8-4-11)16-12-5-1-10(9-15)2-6-12;1-2-6-7(8-4-1)3-5-9-6;;1-2-3/h2-3,5-14,16H,1,4H2;1-11,13H;1-13H;1-8H;1-5,9H;1H4;3H. The zero-order valence-corrected chi connectivity index (χ0v) is 59.2. The first-order valence-electron chi connectivity index (χ1n) is 31.8. The quantitative estimate of drug-likeness (QED) is 0.0624. The minimum absolute atomic E-state index is 0. The SMILES string of the molecule is C.C=CCc1cn(-c2ccc(Oc3ccc(C#N)cc3)cc2)c2cccnc12.N#Cc1ccc(Oc2ccc(-n3cc(Br)c4ncccc43)cc2)cc1.N#Cc1ccc(Oc2ccc(-n3ccc4ncccc43)cc2)cc1.N#Cc1ccc(Oc2ccc(Br)cc2)cc1.[B]=NS.c1cnc2cc[nH]c2c1. The van der Waals surface area contributed by atoms with E-state index in [-0.39, 0.29) is 7.43 Å². The second-order valence-electron chi connectivity index (χ2n) is 22.1. The van der Waals surface area contributed by atoms with Crippen molar-refractivity contribution in [2.75, 3.05) is 0 Å². The molecule has 8 aromatic heterocycles. The van der Waals surface area contributed by atoms with Gasteiger partial charge in [0.25, 0.3) is 0 Å². The predicted octanol–water partition coefficient (Wildman–Crippen LogP) is 22.1. The topological polar surface area (TPSA) is 227 Å². The molecule has 0 aliphatic carbocycles. The summed E-state index contributed by atoms with van der Waals surface area (Å²) in [6, 6.07) is 87.5. The summed E-state index contributed by atoms with van der Waals surface area (Å²) in [5.74, 6) is 5.83. The Kier molecular flexibility index (Phi) is 26.4. The van der Waals surface area contributed by atoms with Crippen molar-refractivity contribution in [1.29, 1.82) is 21.0 Å². The van der Waals surface area contributed by atoms with Crippen molar-refractivity contribution in [1.82, 2.24) is 38.6 Å². The Morgan fingerprint density at radius 2 is 0.771 bits per heavy atom. The molecule has 0 amide bonds. The van der Waals surface area contributed by atoms with Crippen LogP contribution in [0.15, 0.2) is 330 Å². The molecule has 8 heterocycles. The van der Waals surface area contributed by atoms with Gasteiger partial charge in [-0.05, 0) is 277 Å². The van der Waals surface area contributed by atoms with Gasteiger partial charge in [-0.25, -0.2) is 0 Å². The molecule has 0 spiro atoms. The predicted molar refractivity (Wildman–Crippen MR) is 424 cm³/mol. The number of H-pyrrole nitrogens is 1. The first kappa shape index (κ1) is 74.3. The Bertz CT molecular complexity index is 5680. The maximum atomic E-state index is 8.86. The van der Waals surface area contributed by atoms with Gasteiger partial charge in [0.15, 0.2) is 0 Å². The molecule has 0 aliphatic rings. The maximum Gasteiger partial charge on any atom is 0.0878 e. The number of allylic oxidation sites excluding steroid dienone is 1. The van der Waals surface area contributed by atoms with Crippen LogP contribution in [0, 0.1) is 45.3 Å². The van der Waals surface area contributed by atoms with Crippen molar-refractivity contribution >= 4 is 96.4 Å². The average molecular weight is 1520 g/mol. The number of fused-ring (bicyclic) bond motifs is 4. The van der Waals surface area contributed by atoms with Gasteiger partial charge < -0.3 is 37.6 Å².